The highest BCUT2D eigenvalue weighted by Gasteiger charge is 2.15. The maximum atomic E-state index is 13.7. The molecule has 0 amide bonds. The quantitative estimate of drug-likeness (QED) is 0.844. The number of carboxylic acids is 1. The number of ether oxygens (including phenoxy) is 1. The topological polar surface area (TPSA) is 72.5 Å². The van der Waals surface area contributed by atoms with E-state index >= 15 is 0 Å². The molecule has 0 bridgehead atoms. The van der Waals surface area contributed by atoms with Gasteiger partial charge in [-0.25, -0.2) is 9.18 Å². The van der Waals surface area contributed by atoms with Gasteiger partial charge in [0.1, 0.15) is 5.75 Å². The molecule has 0 aliphatic heterocycles. The monoisotopic (exact) mass is 281 g/mol. The summed E-state index contributed by atoms with van der Waals surface area (Å²) in [5, 5.41) is 9.21. The van der Waals surface area contributed by atoms with Crippen LogP contribution in [0, 0.1) is 5.82 Å². The minimum absolute atomic E-state index is 0.170. The molecule has 3 N–H and O–H groups in total. The number of carbonyl (C=O) groups is 1. The molecule has 0 unspecified atom stereocenters. The van der Waals surface area contributed by atoms with Crippen molar-refractivity contribution in [3.63, 3.8) is 0 Å². The Hall–Kier alpha value is -2.27. The summed E-state index contributed by atoms with van der Waals surface area (Å²) in [5.74, 6) is -2.05. The fourth-order valence-electron chi connectivity index (χ4n) is 1.48. The fraction of sp³-hybridized carbons (Fsp3) is 0. The molecule has 6 heteroatoms. The van der Waals surface area contributed by atoms with Crippen molar-refractivity contribution < 1.29 is 19.0 Å². The van der Waals surface area contributed by atoms with Crippen molar-refractivity contribution in [2.24, 2.45) is 0 Å². The van der Waals surface area contributed by atoms with Crippen LogP contribution in [0.15, 0.2) is 36.4 Å². The minimum atomic E-state index is -1.26. The van der Waals surface area contributed by atoms with Gasteiger partial charge in [-0.05, 0) is 12.1 Å². The molecule has 0 heterocycles. The number of nitrogens with two attached hydrogens (primary N) is 1. The predicted octanol–water partition coefficient (Wildman–Crippen LogP) is 3.55. The second-order valence-electron chi connectivity index (χ2n) is 3.71. The zero-order chi connectivity index (χ0) is 14.0. The van der Waals surface area contributed by atoms with Gasteiger partial charge in [-0.2, -0.15) is 0 Å². The number of benzene rings is 2. The van der Waals surface area contributed by atoms with Gasteiger partial charge in [0.2, 0.25) is 0 Å². The maximum Gasteiger partial charge on any atom is 0.337 e. The first-order chi connectivity index (χ1) is 8.99. The standard InChI is InChI=1S/C13H9ClFNO3/c14-8-3-1-2-4-11(8)19-12-5-7(13(17)18)10(16)6-9(12)15/h1-6H,16H2,(H,17,18). The summed E-state index contributed by atoms with van der Waals surface area (Å²) < 4.78 is 18.9. The average Bonchev–Trinajstić information content (AvgIpc) is 2.34. The average molecular weight is 282 g/mol. The summed E-state index contributed by atoms with van der Waals surface area (Å²) >= 11 is 5.87. The molecule has 0 aliphatic rings. The Balaban J connectivity index is 2.43. The molecule has 0 radical (unpaired) electrons. The third kappa shape index (κ3) is 2.77. The SMILES string of the molecule is Nc1cc(F)c(Oc2ccccc2Cl)cc1C(=O)O. The van der Waals surface area contributed by atoms with Crippen LogP contribution in [0.4, 0.5) is 10.1 Å². The first kappa shape index (κ1) is 13.2. The van der Waals surface area contributed by atoms with Crippen molar-refractivity contribution in [3.8, 4) is 11.5 Å². The molecule has 0 saturated carbocycles. The Morgan fingerprint density at radius 2 is 1.95 bits per heavy atom. The fourth-order valence-corrected chi connectivity index (χ4v) is 1.65. The van der Waals surface area contributed by atoms with Crippen LogP contribution in [0.5, 0.6) is 11.5 Å². The van der Waals surface area contributed by atoms with Gasteiger partial charge < -0.3 is 15.6 Å². The van der Waals surface area contributed by atoms with Crippen LogP contribution < -0.4 is 10.5 Å². The molecule has 0 atom stereocenters. The van der Waals surface area contributed by atoms with Gasteiger partial charge in [-0.15, -0.1) is 0 Å². The number of anilines is 1. The summed E-state index contributed by atoms with van der Waals surface area (Å²) in [4.78, 5) is 10.9. The lowest BCUT2D eigenvalue weighted by molar-refractivity contribution is 0.0697. The first-order valence-corrected chi connectivity index (χ1v) is 5.61. The number of carboxylic acid groups (broad SMARTS) is 1. The number of rotatable bonds is 3. The van der Waals surface area contributed by atoms with E-state index in [9.17, 15) is 9.18 Å². The van der Waals surface area contributed by atoms with E-state index in [1.165, 1.54) is 0 Å². The number of aromatic carboxylic acids is 1. The summed E-state index contributed by atoms with van der Waals surface area (Å²) in [6.07, 6.45) is 0. The highest BCUT2D eigenvalue weighted by atomic mass is 35.5. The molecule has 0 fully saturated rings. The molecular weight excluding hydrogens is 273 g/mol. The number of hydrogen-bond donors (Lipinski definition) is 2. The molecule has 2 aromatic carbocycles. The lowest BCUT2D eigenvalue weighted by atomic mass is 10.1. The van der Waals surface area contributed by atoms with Crippen LogP contribution in [0.3, 0.4) is 0 Å². The van der Waals surface area contributed by atoms with Gasteiger partial charge in [0.25, 0.3) is 0 Å². The second-order valence-corrected chi connectivity index (χ2v) is 4.11. The molecule has 2 aromatic rings. The van der Waals surface area contributed by atoms with Crippen molar-refractivity contribution in [2.75, 3.05) is 5.73 Å². The van der Waals surface area contributed by atoms with Gasteiger partial charge in [0.05, 0.1) is 10.6 Å². The Kier molecular flexibility index (Phi) is 3.57. The Labute approximate surface area is 113 Å². The molecule has 19 heavy (non-hydrogen) atoms. The highest BCUT2D eigenvalue weighted by Crippen LogP contribution is 2.32. The first-order valence-electron chi connectivity index (χ1n) is 5.23. The third-order valence-corrected chi connectivity index (χ3v) is 2.70. The lowest BCUT2D eigenvalue weighted by Crippen LogP contribution is -2.04. The molecule has 0 saturated heterocycles. The number of halogens is 2. The van der Waals surface area contributed by atoms with Crippen molar-refractivity contribution in [2.45, 2.75) is 0 Å². The second kappa shape index (κ2) is 5.16. The van der Waals surface area contributed by atoms with Gasteiger partial charge in [-0.1, -0.05) is 23.7 Å². The van der Waals surface area contributed by atoms with Crippen LogP contribution in [0.2, 0.25) is 5.02 Å². The van der Waals surface area contributed by atoms with Crippen molar-refractivity contribution in [3.05, 3.63) is 52.8 Å². The van der Waals surface area contributed by atoms with Gasteiger partial charge >= 0.3 is 5.97 Å². The molecule has 4 nitrogen and oxygen atoms in total. The van der Waals surface area contributed by atoms with E-state index in [2.05, 4.69) is 0 Å². The minimum Gasteiger partial charge on any atom is -0.478 e. The van der Waals surface area contributed by atoms with E-state index in [0.717, 1.165) is 12.1 Å². The molecule has 2 rings (SSSR count). The van der Waals surface area contributed by atoms with Crippen molar-refractivity contribution >= 4 is 23.3 Å². The van der Waals surface area contributed by atoms with Crippen LogP contribution in [0.1, 0.15) is 10.4 Å². The molecular formula is C13H9ClFNO3. The summed E-state index contributed by atoms with van der Waals surface area (Å²) in [7, 11) is 0. The van der Waals surface area contributed by atoms with E-state index < -0.39 is 11.8 Å². The molecule has 0 aromatic heterocycles. The third-order valence-electron chi connectivity index (χ3n) is 2.39. The Bertz CT molecular complexity index is 646. The molecule has 0 spiro atoms. The smallest absolute Gasteiger partial charge is 0.337 e. The highest BCUT2D eigenvalue weighted by molar-refractivity contribution is 6.32. The number of hydrogen-bond acceptors (Lipinski definition) is 3. The van der Waals surface area contributed by atoms with Gasteiger partial charge in [0, 0.05) is 17.8 Å². The Morgan fingerprint density at radius 1 is 1.26 bits per heavy atom. The predicted molar refractivity (Wildman–Crippen MR) is 69.3 cm³/mol. The van der Waals surface area contributed by atoms with Gasteiger partial charge in [-0.3, -0.25) is 0 Å². The van der Waals surface area contributed by atoms with E-state index in [1.807, 2.05) is 0 Å². The van der Waals surface area contributed by atoms with E-state index in [1.54, 1.807) is 24.3 Å². The van der Waals surface area contributed by atoms with E-state index in [-0.39, 0.29) is 27.8 Å². The van der Waals surface area contributed by atoms with Crippen molar-refractivity contribution in [1.29, 1.82) is 0 Å². The van der Waals surface area contributed by atoms with Crippen molar-refractivity contribution in [1.82, 2.24) is 0 Å². The van der Waals surface area contributed by atoms with E-state index in [0.29, 0.717) is 0 Å². The zero-order valence-corrected chi connectivity index (χ0v) is 10.3. The largest absolute Gasteiger partial charge is 0.478 e. The summed E-state index contributed by atoms with van der Waals surface area (Å²) in [6.45, 7) is 0. The van der Waals surface area contributed by atoms with Gasteiger partial charge in [0.15, 0.2) is 11.6 Å². The lowest BCUT2D eigenvalue weighted by Gasteiger charge is -2.10. The maximum absolute atomic E-state index is 13.7. The normalized spacial score (nSPS) is 10.2. The number of nitrogen functional groups attached to an aromatic ring is 1. The Morgan fingerprint density at radius 3 is 2.58 bits per heavy atom. The summed E-state index contributed by atoms with van der Waals surface area (Å²) in [6, 6.07) is 8.39. The molecule has 98 valence electrons. The summed E-state index contributed by atoms with van der Waals surface area (Å²) in [5.41, 5.74) is 5.01. The number of para-hydroxylation sites is 1. The van der Waals surface area contributed by atoms with E-state index in [4.69, 9.17) is 27.2 Å². The molecule has 0 aliphatic carbocycles. The van der Waals surface area contributed by atoms with Crippen LogP contribution in [-0.4, -0.2) is 11.1 Å². The van der Waals surface area contributed by atoms with Crippen LogP contribution in [0.25, 0.3) is 0 Å². The van der Waals surface area contributed by atoms with Crippen LogP contribution >= 0.6 is 11.6 Å². The van der Waals surface area contributed by atoms with Crippen LogP contribution in [-0.2, 0) is 0 Å². The zero-order valence-electron chi connectivity index (χ0n) is 9.56.